The summed E-state index contributed by atoms with van der Waals surface area (Å²) in [5, 5.41) is -0.216. The summed E-state index contributed by atoms with van der Waals surface area (Å²) in [6.45, 7) is 0.299. The van der Waals surface area contributed by atoms with Crippen molar-refractivity contribution in [2.75, 3.05) is 7.11 Å². The first-order chi connectivity index (χ1) is 16.0. The molecule has 0 atom stereocenters. The van der Waals surface area contributed by atoms with E-state index in [9.17, 15) is 9.59 Å². The van der Waals surface area contributed by atoms with Crippen LogP contribution in [0.1, 0.15) is 55.2 Å². The highest BCUT2D eigenvalue weighted by Crippen LogP contribution is 2.61. The molecule has 0 aromatic heterocycles. The maximum atomic E-state index is 13.1. The summed E-state index contributed by atoms with van der Waals surface area (Å²) in [5.74, 6) is 3.14. The van der Waals surface area contributed by atoms with E-state index in [1.54, 1.807) is 7.11 Å². The van der Waals surface area contributed by atoms with Gasteiger partial charge in [-0.2, -0.15) is 0 Å². The van der Waals surface area contributed by atoms with Crippen LogP contribution in [0.2, 0.25) is 0 Å². The first-order valence-electron chi connectivity index (χ1n) is 12.0. The average Bonchev–Trinajstić information content (AvgIpc) is 3.06. The smallest absolute Gasteiger partial charge is 0.293 e. The molecule has 1 heterocycles. The Hall–Kier alpha value is -2.53. The van der Waals surface area contributed by atoms with E-state index in [2.05, 4.69) is 12.1 Å². The van der Waals surface area contributed by atoms with Crippen molar-refractivity contribution < 1.29 is 14.3 Å². The van der Waals surface area contributed by atoms with Crippen molar-refractivity contribution in [2.24, 2.45) is 17.8 Å². The molecule has 33 heavy (non-hydrogen) atoms. The van der Waals surface area contributed by atoms with E-state index >= 15 is 0 Å². The zero-order valence-corrected chi connectivity index (χ0v) is 19.8. The number of hydrogen-bond acceptors (Lipinski definition) is 4. The molecule has 2 aromatic rings. The number of ether oxygens (including phenoxy) is 1. The summed E-state index contributed by atoms with van der Waals surface area (Å²) in [6, 6.07) is 16.2. The van der Waals surface area contributed by atoms with Gasteiger partial charge in [-0.25, -0.2) is 0 Å². The molecule has 0 N–H and O–H groups in total. The van der Waals surface area contributed by atoms with Gasteiger partial charge in [-0.15, -0.1) is 0 Å². The quantitative estimate of drug-likeness (QED) is 0.486. The van der Waals surface area contributed by atoms with Crippen molar-refractivity contribution in [3.8, 4) is 5.75 Å². The van der Waals surface area contributed by atoms with Crippen LogP contribution in [-0.4, -0.2) is 23.2 Å². The van der Waals surface area contributed by atoms with Gasteiger partial charge in [0.2, 0.25) is 0 Å². The number of carbonyl (C=O) groups is 2. The number of amides is 2. The maximum Gasteiger partial charge on any atom is 0.293 e. The van der Waals surface area contributed by atoms with Crippen molar-refractivity contribution >= 4 is 29.0 Å². The highest BCUT2D eigenvalue weighted by atomic mass is 32.2. The highest BCUT2D eigenvalue weighted by Gasteiger charge is 2.51. The molecule has 5 aliphatic rings. The lowest BCUT2D eigenvalue weighted by Gasteiger charge is -2.57. The summed E-state index contributed by atoms with van der Waals surface area (Å²) >= 11 is 1.02. The lowest BCUT2D eigenvalue weighted by atomic mass is 9.48. The standard InChI is InChI=1S/C28H29NO3S/c1-32-24-8-7-23(28-14-19-9-20(15-28)11-21(10-19)16-28)12-22(24)13-25-26(30)29(27(31)33-25)17-18-5-3-2-4-6-18/h2-8,12-13,19-21H,9-11,14-17H2,1H3/b25-13+. The molecule has 7 rings (SSSR count). The zero-order valence-electron chi connectivity index (χ0n) is 19.0. The normalized spacial score (nSPS) is 31.6. The molecular weight excluding hydrogens is 430 g/mol. The molecule has 4 saturated carbocycles. The minimum atomic E-state index is -0.226. The Labute approximate surface area is 199 Å². The zero-order chi connectivity index (χ0) is 22.6. The van der Waals surface area contributed by atoms with Crippen LogP contribution in [0.3, 0.4) is 0 Å². The molecule has 1 saturated heterocycles. The number of carbonyl (C=O) groups excluding carboxylic acids is 2. The number of nitrogens with zero attached hydrogens (tertiary/aromatic N) is 1. The van der Waals surface area contributed by atoms with Gasteiger partial charge >= 0.3 is 0 Å². The van der Waals surface area contributed by atoms with Crippen molar-refractivity contribution in [3.63, 3.8) is 0 Å². The van der Waals surface area contributed by atoms with Gasteiger partial charge in [-0.05, 0) is 103 Å². The predicted molar refractivity (Wildman–Crippen MR) is 131 cm³/mol. The van der Waals surface area contributed by atoms with Gasteiger partial charge in [0.15, 0.2) is 0 Å². The molecule has 170 valence electrons. The van der Waals surface area contributed by atoms with Gasteiger partial charge < -0.3 is 4.74 Å². The predicted octanol–water partition coefficient (Wildman–Crippen LogP) is 6.40. The van der Waals surface area contributed by atoms with Crippen LogP contribution in [-0.2, 0) is 16.8 Å². The van der Waals surface area contributed by atoms with E-state index in [4.69, 9.17) is 4.74 Å². The third-order valence-electron chi connectivity index (χ3n) is 8.22. The fourth-order valence-electron chi connectivity index (χ4n) is 7.18. The Balaban J connectivity index is 1.31. The monoisotopic (exact) mass is 459 g/mol. The largest absolute Gasteiger partial charge is 0.496 e. The molecule has 1 aliphatic heterocycles. The molecule has 0 unspecified atom stereocenters. The van der Waals surface area contributed by atoms with Crippen molar-refractivity contribution in [3.05, 3.63) is 70.1 Å². The maximum absolute atomic E-state index is 13.1. The Bertz CT molecular complexity index is 1100. The molecular formula is C28H29NO3S. The van der Waals surface area contributed by atoms with E-state index in [0.717, 1.165) is 46.4 Å². The van der Waals surface area contributed by atoms with Crippen molar-refractivity contribution in [1.82, 2.24) is 4.90 Å². The molecule has 2 aromatic carbocycles. The second kappa shape index (κ2) is 8.05. The van der Waals surface area contributed by atoms with E-state index in [1.165, 1.54) is 49.0 Å². The summed E-state index contributed by atoms with van der Waals surface area (Å²) in [5.41, 5.74) is 3.51. The lowest BCUT2D eigenvalue weighted by molar-refractivity contribution is -0.123. The summed E-state index contributed by atoms with van der Waals surface area (Å²) in [6.07, 6.45) is 9.97. The van der Waals surface area contributed by atoms with Gasteiger partial charge in [-0.3, -0.25) is 14.5 Å². The molecule has 4 bridgehead atoms. The van der Waals surface area contributed by atoms with Gasteiger partial charge in [0.25, 0.3) is 11.1 Å². The third-order valence-corrected chi connectivity index (χ3v) is 9.13. The number of benzene rings is 2. The molecule has 4 nitrogen and oxygen atoms in total. The Morgan fingerprint density at radius 1 is 1.00 bits per heavy atom. The van der Waals surface area contributed by atoms with Gasteiger partial charge in [-0.1, -0.05) is 36.4 Å². The summed E-state index contributed by atoms with van der Waals surface area (Å²) in [4.78, 5) is 27.5. The number of methoxy groups -OCH3 is 1. The number of thioether (sulfide) groups is 1. The van der Waals surface area contributed by atoms with Crippen LogP contribution < -0.4 is 4.74 Å². The molecule has 4 aliphatic carbocycles. The lowest BCUT2D eigenvalue weighted by Crippen LogP contribution is -2.48. The van der Waals surface area contributed by atoms with E-state index in [0.29, 0.717) is 11.4 Å². The number of rotatable bonds is 5. The molecule has 0 radical (unpaired) electrons. The minimum absolute atomic E-state index is 0.216. The van der Waals surface area contributed by atoms with Crippen LogP contribution in [0.4, 0.5) is 4.79 Å². The van der Waals surface area contributed by atoms with E-state index < -0.39 is 0 Å². The Kier molecular flexibility index (Phi) is 5.13. The molecule has 2 amide bonds. The summed E-state index contributed by atoms with van der Waals surface area (Å²) in [7, 11) is 1.66. The molecule has 5 fully saturated rings. The van der Waals surface area contributed by atoms with Crippen molar-refractivity contribution in [2.45, 2.75) is 50.5 Å². The molecule has 0 spiro atoms. The van der Waals surface area contributed by atoms with E-state index in [1.807, 2.05) is 42.5 Å². The SMILES string of the molecule is COc1ccc(C23CC4CC(CC(C4)C2)C3)cc1/C=C1/SC(=O)N(Cc2ccccc2)C1=O. The van der Waals surface area contributed by atoms with Crippen LogP contribution >= 0.6 is 11.8 Å². The molecule has 5 heteroatoms. The van der Waals surface area contributed by atoms with Crippen molar-refractivity contribution in [1.29, 1.82) is 0 Å². The Morgan fingerprint density at radius 3 is 2.30 bits per heavy atom. The third kappa shape index (κ3) is 3.71. The summed E-state index contributed by atoms with van der Waals surface area (Å²) < 4.78 is 5.65. The van der Waals surface area contributed by atoms with Crippen LogP contribution in [0, 0.1) is 17.8 Å². The highest BCUT2D eigenvalue weighted by molar-refractivity contribution is 8.18. The average molecular weight is 460 g/mol. The van der Waals surface area contributed by atoms with Gasteiger partial charge in [0.1, 0.15) is 5.75 Å². The second-order valence-electron chi connectivity index (χ2n) is 10.4. The van der Waals surface area contributed by atoms with E-state index in [-0.39, 0.29) is 16.6 Å². The fourth-order valence-corrected chi connectivity index (χ4v) is 8.01. The van der Waals surface area contributed by atoms with Crippen LogP contribution in [0.15, 0.2) is 53.4 Å². The minimum Gasteiger partial charge on any atom is -0.496 e. The number of imide groups is 1. The fraction of sp³-hybridized carbons (Fsp3) is 0.429. The topological polar surface area (TPSA) is 46.6 Å². The first kappa shape index (κ1) is 21.0. The van der Waals surface area contributed by atoms with Crippen LogP contribution in [0.5, 0.6) is 5.75 Å². The first-order valence-corrected chi connectivity index (χ1v) is 12.8. The van der Waals surface area contributed by atoms with Gasteiger partial charge in [0.05, 0.1) is 18.6 Å². The van der Waals surface area contributed by atoms with Gasteiger partial charge in [0, 0.05) is 5.56 Å². The Morgan fingerprint density at radius 2 is 1.67 bits per heavy atom. The van der Waals surface area contributed by atoms with Crippen LogP contribution in [0.25, 0.3) is 6.08 Å². The second-order valence-corrected chi connectivity index (χ2v) is 11.4. The number of hydrogen-bond donors (Lipinski definition) is 0.